The summed E-state index contributed by atoms with van der Waals surface area (Å²) in [5.74, 6) is 0.323. The molecule has 1 aliphatic carbocycles. The van der Waals surface area contributed by atoms with Crippen LogP contribution in [-0.4, -0.2) is 10.7 Å². The molecule has 1 heteroatoms. The second kappa shape index (κ2) is 6.24. The van der Waals surface area contributed by atoms with Gasteiger partial charge in [0.15, 0.2) is 0 Å². The fraction of sp³-hybridized carbons (Fsp3) is 0.733. The summed E-state index contributed by atoms with van der Waals surface area (Å²) in [6.07, 6.45) is 13.0. The van der Waals surface area contributed by atoms with Gasteiger partial charge in [-0.05, 0) is 19.3 Å². The molecule has 0 spiro atoms. The molecule has 0 aliphatic heterocycles. The van der Waals surface area contributed by atoms with E-state index in [0.29, 0.717) is 5.92 Å². The molecule has 0 aromatic heterocycles. The first-order chi connectivity index (χ1) is 7.66. The van der Waals surface area contributed by atoms with Gasteiger partial charge in [-0.25, -0.2) is 0 Å². The first kappa shape index (κ1) is 13.5. The molecule has 2 unspecified atom stereocenters. The van der Waals surface area contributed by atoms with Crippen LogP contribution in [0, 0.1) is 5.92 Å². The second-order valence-corrected chi connectivity index (χ2v) is 4.96. The lowest BCUT2D eigenvalue weighted by Crippen LogP contribution is -2.36. The lowest BCUT2D eigenvalue weighted by atomic mass is 9.76. The number of hydrogen-bond donors (Lipinski definition) is 1. The molecule has 16 heavy (non-hydrogen) atoms. The van der Waals surface area contributed by atoms with Crippen LogP contribution in [0.2, 0.25) is 0 Å². The van der Waals surface area contributed by atoms with Gasteiger partial charge in [-0.2, -0.15) is 0 Å². The molecule has 2 atom stereocenters. The summed E-state index contributed by atoms with van der Waals surface area (Å²) in [4.78, 5) is 0. The van der Waals surface area contributed by atoms with Crippen LogP contribution in [0.25, 0.3) is 0 Å². The molecule has 0 amide bonds. The predicted molar refractivity (Wildman–Crippen MR) is 70.4 cm³/mol. The average molecular weight is 222 g/mol. The SMILES string of the molecule is CCCC1=CC(CCC)C(O)(CCC)C=C1. The highest BCUT2D eigenvalue weighted by atomic mass is 16.3. The van der Waals surface area contributed by atoms with Crippen LogP contribution >= 0.6 is 0 Å². The third-order valence-electron chi connectivity index (χ3n) is 3.43. The summed E-state index contributed by atoms with van der Waals surface area (Å²) in [7, 11) is 0. The van der Waals surface area contributed by atoms with E-state index in [0.717, 1.165) is 32.1 Å². The third-order valence-corrected chi connectivity index (χ3v) is 3.43. The molecule has 1 nitrogen and oxygen atoms in total. The summed E-state index contributed by atoms with van der Waals surface area (Å²) in [6, 6.07) is 0. The Kier molecular flexibility index (Phi) is 5.27. The van der Waals surface area contributed by atoms with Crippen molar-refractivity contribution in [3.63, 3.8) is 0 Å². The van der Waals surface area contributed by atoms with Gasteiger partial charge in [-0.15, -0.1) is 0 Å². The molecular formula is C15H26O. The molecule has 1 rings (SSSR count). The van der Waals surface area contributed by atoms with Crippen LogP contribution in [0.4, 0.5) is 0 Å². The maximum absolute atomic E-state index is 10.6. The fourth-order valence-corrected chi connectivity index (χ4v) is 2.60. The minimum atomic E-state index is -0.581. The molecule has 1 aliphatic rings. The van der Waals surface area contributed by atoms with E-state index in [-0.39, 0.29) is 0 Å². The lowest BCUT2D eigenvalue weighted by Gasteiger charge is -2.35. The van der Waals surface area contributed by atoms with Crippen LogP contribution in [-0.2, 0) is 0 Å². The van der Waals surface area contributed by atoms with E-state index in [1.165, 1.54) is 12.0 Å². The number of rotatable bonds is 6. The third kappa shape index (κ3) is 3.21. The van der Waals surface area contributed by atoms with Gasteiger partial charge >= 0.3 is 0 Å². The summed E-state index contributed by atoms with van der Waals surface area (Å²) in [5, 5.41) is 10.6. The Labute approximate surface area is 100 Å². The highest BCUT2D eigenvalue weighted by Crippen LogP contribution is 2.35. The molecule has 1 N–H and O–H groups in total. The van der Waals surface area contributed by atoms with Crippen molar-refractivity contribution >= 4 is 0 Å². The minimum absolute atomic E-state index is 0.323. The maximum atomic E-state index is 10.6. The molecule has 0 radical (unpaired) electrons. The highest BCUT2D eigenvalue weighted by molar-refractivity contribution is 5.30. The van der Waals surface area contributed by atoms with E-state index in [2.05, 4.69) is 32.9 Å². The second-order valence-electron chi connectivity index (χ2n) is 4.96. The topological polar surface area (TPSA) is 20.2 Å². The molecule has 0 heterocycles. The Morgan fingerprint density at radius 2 is 1.94 bits per heavy atom. The summed E-state index contributed by atoms with van der Waals surface area (Å²) in [6.45, 7) is 6.54. The van der Waals surface area contributed by atoms with Crippen molar-refractivity contribution in [1.29, 1.82) is 0 Å². The molecule has 0 saturated carbocycles. The molecule has 0 saturated heterocycles. The van der Waals surface area contributed by atoms with Gasteiger partial charge in [0.05, 0.1) is 5.60 Å². The summed E-state index contributed by atoms with van der Waals surface area (Å²) >= 11 is 0. The number of allylic oxidation sites excluding steroid dienone is 2. The minimum Gasteiger partial charge on any atom is -0.385 e. The molecule has 0 aromatic carbocycles. The van der Waals surface area contributed by atoms with E-state index < -0.39 is 5.60 Å². The zero-order valence-corrected chi connectivity index (χ0v) is 11.0. The summed E-state index contributed by atoms with van der Waals surface area (Å²) in [5.41, 5.74) is 0.823. The van der Waals surface area contributed by atoms with Gasteiger partial charge in [-0.3, -0.25) is 0 Å². The van der Waals surface area contributed by atoms with Crippen molar-refractivity contribution in [3.8, 4) is 0 Å². The van der Waals surface area contributed by atoms with E-state index in [4.69, 9.17) is 0 Å². The number of hydrogen-bond acceptors (Lipinski definition) is 1. The Morgan fingerprint density at radius 3 is 2.50 bits per heavy atom. The van der Waals surface area contributed by atoms with Crippen molar-refractivity contribution in [3.05, 3.63) is 23.8 Å². The van der Waals surface area contributed by atoms with Crippen LogP contribution in [0.1, 0.15) is 59.3 Å². The standard InChI is InChI=1S/C15H26O/c1-4-7-13-9-11-15(16,10-6-3)14(12-13)8-5-2/h9,11-12,14,16H,4-8,10H2,1-3H3. The Morgan fingerprint density at radius 1 is 1.19 bits per heavy atom. The van der Waals surface area contributed by atoms with Crippen LogP contribution in [0.3, 0.4) is 0 Å². The smallest absolute Gasteiger partial charge is 0.0893 e. The predicted octanol–water partition coefficient (Wildman–Crippen LogP) is 4.23. The molecule has 0 bridgehead atoms. The van der Waals surface area contributed by atoms with Gasteiger partial charge < -0.3 is 5.11 Å². The van der Waals surface area contributed by atoms with Crippen molar-refractivity contribution < 1.29 is 5.11 Å². The zero-order valence-electron chi connectivity index (χ0n) is 11.0. The van der Waals surface area contributed by atoms with E-state index in [1.54, 1.807) is 0 Å². The van der Waals surface area contributed by atoms with Gasteiger partial charge in [0, 0.05) is 5.92 Å². The van der Waals surface area contributed by atoms with Gasteiger partial charge in [-0.1, -0.05) is 63.8 Å². The van der Waals surface area contributed by atoms with E-state index >= 15 is 0 Å². The van der Waals surface area contributed by atoms with E-state index in [1.807, 2.05) is 6.08 Å². The molecule has 92 valence electrons. The van der Waals surface area contributed by atoms with Gasteiger partial charge in [0.25, 0.3) is 0 Å². The monoisotopic (exact) mass is 222 g/mol. The number of aliphatic hydroxyl groups is 1. The highest BCUT2D eigenvalue weighted by Gasteiger charge is 2.33. The van der Waals surface area contributed by atoms with Crippen molar-refractivity contribution in [2.75, 3.05) is 0 Å². The zero-order chi connectivity index (χ0) is 12.0. The Bertz CT molecular complexity index is 265. The summed E-state index contributed by atoms with van der Waals surface area (Å²) < 4.78 is 0. The maximum Gasteiger partial charge on any atom is 0.0893 e. The normalized spacial score (nSPS) is 29.2. The largest absolute Gasteiger partial charge is 0.385 e. The van der Waals surface area contributed by atoms with Crippen molar-refractivity contribution in [2.45, 2.75) is 64.9 Å². The first-order valence-electron chi connectivity index (χ1n) is 6.78. The van der Waals surface area contributed by atoms with Crippen molar-refractivity contribution in [2.24, 2.45) is 5.92 Å². The quantitative estimate of drug-likeness (QED) is 0.713. The Hall–Kier alpha value is -0.560. The molecule has 0 fully saturated rings. The van der Waals surface area contributed by atoms with Crippen molar-refractivity contribution in [1.82, 2.24) is 0 Å². The molecular weight excluding hydrogens is 196 g/mol. The molecule has 0 aromatic rings. The Balaban J connectivity index is 2.79. The van der Waals surface area contributed by atoms with Gasteiger partial charge in [0.2, 0.25) is 0 Å². The fourth-order valence-electron chi connectivity index (χ4n) is 2.60. The van der Waals surface area contributed by atoms with Crippen LogP contribution in [0.5, 0.6) is 0 Å². The van der Waals surface area contributed by atoms with Crippen LogP contribution < -0.4 is 0 Å². The van der Waals surface area contributed by atoms with Gasteiger partial charge in [0.1, 0.15) is 0 Å². The first-order valence-corrected chi connectivity index (χ1v) is 6.78. The van der Waals surface area contributed by atoms with E-state index in [9.17, 15) is 5.11 Å². The average Bonchev–Trinajstić information content (AvgIpc) is 2.25. The lowest BCUT2D eigenvalue weighted by molar-refractivity contribution is 0.0327. The van der Waals surface area contributed by atoms with Crippen LogP contribution in [0.15, 0.2) is 23.8 Å².